The van der Waals surface area contributed by atoms with Gasteiger partial charge in [0.2, 0.25) is 0 Å². The molecule has 0 N–H and O–H groups in total. The predicted octanol–water partition coefficient (Wildman–Crippen LogP) is 12.7. The van der Waals surface area contributed by atoms with Crippen molar-refractivity contribution in [3.8, 4) is 56.5 Å². The van der Waals surface area contributed by atoms with Crippen molar-refractivity contribution < 1.29 is 0 Å². The molecule has 2 aliphatic rings. The van der Waals surface area contributed by atoms with Gasteiger partial charge < -0.3 is 0 Å². The van der Waals surface area contributed by atoms with Gasteiger partial charge in [0.1, 0.15) is 5.82 Å². The van der Waals surface area contributed by atoms with E-state index in [1.807, 2.05) is 36.0 Å². The molecule has 2 heterocycles. The standard InChI is InChI=1S/C51H31N3S/c52-32-33-21-23-34(24-22-33)37-29-30-41-40(31-37)49-39(13-10-16-44(49)51(41)42-14-4-8-19-47(42)55-48-20-9-5-15-43(48)51)35-25-27-36(28-26-35)50-53-45-17-6-7-18-46(45)54(50)38-11-2-1-3-12-38/h1-31H. The van der Waals surface area contributed by atoms with Crippen LogP contribution in [-0.2, 0) is 5.41 Å². The molecule has 9 aromatic rings. The van der Waals surface area contributed by atoms with Crippen LogP contribution in [0.5, 0.6) is 0 Å². The lowest BCUT2D eigenvalue weighted by molar-refractivity contribution is 0.722. The second-order valence-electron chi connectivity index (χ2n) is 14.2. The van der Waals surface area contributed by atoms with E-state index in [4.69, 9.17) is 4.98 Å². The fourth-order valence-corrected chi connectivity index (χ4v) is 10.2. The molecule has 0 fully saturated rings. The lowest BCUT2D eigenvalue weighted by atomic mass is 9.67. The van der Waals surface area contributed by atoms with Gasteiger partial charge in [-0.1, -0.05) is 145 Å². The Bertz CT molecular complexity index is 2960. The van der Waals surface area contributed by atoms with E-state index in [0.717, 1.165) is 44.8 Å². The Morgan fingerprint density at radius 2 is 1.11 bits per heavy atom. The number of hydrogen-bond donors (Lipinski definition) is 0. The highest BCUT2D eigenvalue weighted by Gasteiger charge is 2.50. The highest BCUT2D eigenvalue weighted by atomic mass is 32.2. The minimum Gasteiger partial charge on any atom is -0.292 e. The maximum Gasteiger partial charge on any atom is 0.145 e. The molecular formula is C51H31N3S. The normalized spacial score (nSPS) is 13.1. The summed E-state index contributed by atoms with van der Waals surface area (Å²) in [5, 5.41) is 9.50. The minimum atomic E-state index is -0.483. The molecule has 8 aromatic carbocycles. The second-order valence-corrected chi connectivity index (χ2v) is 15.3. The van der Waals surface area contributed by atoms with Crippen LogP contribution >= 0.6 is 11.8 Å². The van der Waals surface area contributed by atoms with E-state index in [2.05, 4.69) is 174 Å². The molecule has 1 spiro atoms. The molecule has 55 heavy (non-hydrogen) atoms. The molecule has 0 saturated carbocycles. The number of nitriles is 1. The number of rotatable bonds is 4. The van der Waals surface area contributed by atoms with Gasteiger partial charge in [-0.15, -0.1) is 0 Å². The Morgan fingerprint density at radius 3 is 1.85 bits per heavy atom. The lowest BCUT2D eigenvalue weighted by Crippen LogP contribution is -2.31. The molecule has 256 valence electrons. The summed E-state index contributed by atoms with van der Waals surface area (Å²) in [5.74, 6) is 0.918. The van der Waals surface area contributed by atoms with Crippen molar-refractivity contribution >= 4 is 22.8 Å². The van der Waals surface area contributed by atoms with E-state index in [1.54, 1.807) is 0 Å². The molecule has 0 amide bonds. The first-order valence-electron chi connectivity index (χ1n) is 18.5. The van der Waals surface area contributed by atoms with Crippen LogP contribution in [0, 0.1) is 11.3 Å². The van der Waals surface area contributed by atoms with E-state index in [9.17, 15) is 5.26 Å². The van der Waals surface area contributed by atoms with E-state index in [-0.39, 0.29) is 0 Å². The summed E-state index contributed by atoms with van der Waals surface area (Å²) in [4.78, 5) is 7.71. The van der Waals surface area contributed by atoms with Crippen LogP contribution < -0.4 is 0 Å². The average molecular weight is 718 g/mol. The summed E-state index contributed by atoms with van der Waals surface area (Å²) in [6.45, 7) is 0. The Kier molecular flexibility index (Phi) is 7.07. The number of benzene rings is 8. The van der Waals surface area contributed by atoms with Gasteiger partial charge in [-0.05, 0) is 110 Å². The summed E-state index contributed by atoms with van der Waals surface area (Å²) >= 11 is 1.86. The lowest BCUT2D eigenvalue weighted by Gasteiger charge is -2.39. The number of imidazole rings is 1. The molecule has 0 unspecified atom stereocenters. The van der Waals surface area contributed by atoms with Crippen molar-refractivity contribution in [3.63, 3.8) is 0 Å². The Hall–Kier alpha value is -6.93. The monoisotopic (exact) mass is 717 g/mol. The molecule has 1 aromatic heterocycles. The van der Waals surface area contributed by atoms with E-state index >= 15 is 0 Å². The van der Waals surface area contributed by atoms with Crippen molar-refractivity contribution in [1.29, 1.82) is 5.26 Å². The summed E-state index contributed by atoms with van der Waals surface area (Å²) in [7, 11) is 0. The van der Waals surface area contributed by atoms with Crippen LogP contribution in [0.1, 0.15) is 27.8 Å². The van der Waals surface area contributed by atoms with Crippen molar-refractivity contribution in [1.82, 2.24) is 9.55 Å². The third-order valence-corrected chi connectivity index (χ3v) is 12.5. The third kappa shape index (κ3) is 4.67. The molecule has 0 saturated heterocycles. The van der Waals surface area contributed by atoms with Crippen LogP contribution in [0.4, 0.5) is 0 Å². The molecular weight excluding hydrogens is 687 g/mol. The SMILES string of the molecule is N#Cc1ccc(-c2ccc3c(c2)-c2c(-c4ccc(-c5nc6ccccc6n5-c5ccccc5)cc4)cccc2C32c3ccccc3Sc3ccccc32)cc1. The Labute approximate surface area is 323 Å². The number of para-hydroxylation sites is 3. The molecule has 11 rings (SSSR count). The summed E-state index contributed by atoms with van der Waals surface area (Å²) in [6.07, 6.45) is 0. The van der Waals surface area contributed by atoms with Gasteiger partial charge in [0.25, 0.3) is 0 Å². The topological polar surface area (TPSA) is 41.6 Å². The third-order valence-electron chi connectivity index (χ3n) is 11.3. The van der Waals surface area contributed by atoms with Gasteiger partial charge in [0, 0.05) is 21.0 Å². The number of nitrogens with zero attached hydrogens (tertiary/aromatic N) is 3. The van der Waals surface area contributed by atoms with Crippen LogP contribution in [0.3, 0.4) is 0 Å². The summed E-state index contributed by atoms with van der Waals surface area (Å²) in [5.41, 5.74) is 16.7. The zero-order valence-corrected chi connectivity index (χ0v) is 30.5. The van der Waals surface area contributed by atoms with Crippen LogP contribution in [-0.4, -0.2) is 9.55 Å². The zero-order valence-electron chi connectivity index (χ0n) is 29.6. The number of fused-ring (bicyclic) bond motifs is 10. The van der Waals surface area contributed by atoms with E-state index < -0.39 is 5.41 Å². The fraction of sp³-hybridized carbons (Fsp3) is 0.0196. The van der Waals surface area contributed by atoms with Crippen LogP contribution in [0.2, 0.25) is 0 Å². The summed E-state index contributed by atoms with van der Waals surface area (Å²) < 4.78 is 2.26. The van der Waals surface area contributed by atoms with Gasteiger partial charge in [-0.3, -0.25) is 4.57 Å². The van der Waals surface area contributed by atoms with Gasteiger partial charge in [0.15, 0.2) is 0 Å². The molecule has 0 bridgehead atoms. The number of aromatic nitrogens is 2. The van der Waals surface area contributed by atoms with Crippen molar-refractivity contribution in [2.24, 2.45) is 0 Å². The van der Waals surface area contributed by atoms with E-state index in [1.165, 1.54) is 48.7 Å². The fourth-order valence-electron chi connectivity index (χ4n) is 8.97. The largest absolute Gasteiger partial charge is 0.292 e. The maximum atomic E-state index is 9.50. The van der Waals surface area contributed by atoms with Crippen LogP contribution in [0.15, 0.2) is 198 Å². The first-order valence-corrected chi connectivity index (χ1v) is 19.3. The van der Waals surface area contributed by atoms with Gasteiger partial charge in [0.05, 0.1) is 28.1 Å². The van der Waals surface area contributed by atoms with Crippen molar-refractivity contribution in [2.45, 2.75) is 15.2 Å². The summed E-state index contributed by atoms with van der Waals surface area (Å²) in [6, 6.07) is 69.7. The van der Waals surface area contributed by atoms with Crippen molar-refractivity contribution in [3.05, 3.63) is 216 Å². The molecule has 1 aliphatic heterocycles. The molecule has 4 heteroatoms. The van der Waals surface area contributed by atoms with Gasteiger partial charge >= 0.3 is 0 Å². The predicted molar refractivity (Wildman–Crippen MR) is 224 cm³/mol. The van der Waals surface area contributed by atoms with Gasteiger partial charge in [-0.25, -0.2) is 4.98 Å². The molecule has 1 aliphatic carbocycles. The molecule has 3 nitrogen and oxygen atoms in total. The van der Waals surface area contributed by atoms with Crippen LogP contribution in [0.25, 0.3) is 61.5 Å². The Balaban J connectivity index is 1.14. The highest BCUT2D eigenvalue weighted by molar-refractivity contribution is 7.99. The average Bonchev–Trinajstić information content (AvgIpc) is 3.79. The van der Waals surface area contributed by atoms with Crippen molar-refractivity contribution in [2.75, 3.05) is 0 Å². The first-order chi connectivity index (χ1) is 27.2. The van der Waals surface area contributed by atoms with Gasteiger partial charge in [-0.2, -0.15) is 5.26 Å². The first kappa shape index (κ1) is 31.6. The van der Waals surface area contributed by atoms with E-state index in [0.29, 0.717) is 5.56 Å². The quantitative estimate of drug-likeness (QED) is 0.182. The zero-order chi connectivity index (χ0) is 36.5. The molecule has 0 atom stereocenters. The second kappa shape index (κ2) is 12.3. The maximum absolute atomic E-state index is 9.50. The number of hydrogen-bond acceptors (Lipinski definition) is 3. The highest BCUT2D eigenvalue weighted by Crippen LogP contribution is 2.63. The Morgan fingerprint density at radius 1 is 0.491 bits per heavy atom. The molecule has 0 radical (unpaired) electrons. The smallest absolute Gasteiger partial charge is 0.145 e. The minimum absolute atomic E-state index is 0.483.